The van der Waals surface area contributed by atoms with Gasteiger partial charge in [0.25, 0.3) is 0 Å². The lowest BCUT2D eigenvalue weighted by Gasteiger charge is -2.30. The van der Waals surface area contributed by atoms with E-state index in [1.165, 1.54) is 6.33 Å². The number of fused-ring (bicyclic) bond motifs is 2. The lowest BCUT2D eigenvalue weighted by Crippen LogP contribution is -2.40. The highest BCUT2D eigenvalue weighted by Gasteiger charge is 2.32. The summed E-state index contributed by atoms with van der Waals surface area (Å²) in [5.74, 6) is 0.262. The number of anilines is 3. The van der Waals surface area contributed by atoms with Crippen LogP contribution in [0.3, 0.4) is 0 Å². The normalized spacial score (nSPS) is 17.5. The Hall–Kier alpha value is -4.45. The van der Waals surface area contributed by atoms with Gasteiger partial charge >= 0.3 is 0 Å². The van der Waals surface area contributed by atoms with Crippen molar-refractivity contribution in [1.82, 2.24) is 34.8 Å². The van der Waals surface area contributed by atoms with Gasteiger partial charge in [-0.3, -0.25) is 4.90 Å². The monoisotopic (exact) mass is 531 g/mol. The topological polar surface area (TPSA) is 97.1 Å². The van der Waals surface area contributed by atoms with Crippen LogP contribution in [0.4, 0.5) is 26.1 Å². The van der Waals surface area contributed by atoms with Gasteiger partial charge in [0, 0.05) is 37.2 Å². The highest BCUT2D eigenvalue weighted by Crippen LogP contribution is 2.34. The minimum absolute atomic E-state index is 0.0800. The third kappa shape index (κ3) is 4.67. The summed E-state index contributed by atoms with van der Waals surface area (Å²) in [6.07, 6.45) is 4.27. The van der Waals surface area contributed by atoms with E-state index >= 15 is 8.78 Å². The Labute approximate surface area is 223 Å². The predicted octanol–water partition coefficient (Wildman–Crippen LogP) is 4.85. The molecule has 4 heterocycles. The second kappa shape index (κ2) is 9.70. The summed E-state index contributed by atoms with van der Waals surface area (Å²) in [7, 11) is 5.86. The fourth-order valence-electron chi connectivity index (χ4n) is 5.00. The maximum atomic E-state index is 15.2. The zero-order valence-corrected chi connectivity index (χ0v) is 21.9. The summed E-state index contributed by atoms with van der Waals surface area (Å²) in [6.45, 7) is 3.08. The van der Waals surface area contributed by atoms with Gasteiger partial charge < -0.3 is 15.0 Å². The molecule has 2 aromatic carbocycles. The van der Waals surface area contributed by atoms with Crippen LogP contribution in [-0.2, 0) is 7.05 Å². The molecule has 10 nitrogen and oxygen atoms in total. The molecule has 0 spiro atoms. The van der Waals surface area contributed by atoms with E-state index in [1.54, 1.807) is 36.1 Å². The summed E-state index contributed by atoms with van der Waals surface area (Å²) in [6, 6.07) is 8.96. The fourth-order valence-corrected chi connectivity index (χ4v) is 5.00. The van der Waals surface area contributed by atoms with Crippen molar-refractivity contribution in [2.24, 2.45) is 13.0 Å². The molecular formula is C27H27F2N9O. The standard InChI is InChI=1S/C27H27F2N9O/c1-15-7-26(36(2)3)38(13-15)25-9-17-22(12-30-25)31-14-32-27(17)33-20-10-19(29)24(11-18(20)28)39-16-5-6-23-21(8-16)34-35-37(23)4/h5-6,8-12,14-15,26H,7,13H2,1-4H3,(H,31,32,33). The Balaban J connectivity index is 1.29. The van der Waals surface area contributed by atoms with E-state index in [-0.39, 0.29) is 17.6 Å². The summed E-state index contributed by atoms with van der Waals surface area (Å²) >= 11 is 0. The molecule has 1 fully saturated rings. The van der Waals surface area contributed by atoms with Gasteiger partial charge in [-0.05, 0) is 44.6 Å². The summed E-state index contributed by atoms with van der Waals surface area (Å²) in [5, 5.41) is 11.6. The Kier molecular flexibility index (Phi) is 6.18. The molecule has 3 aromatic heterocycles. The molecule has 2 unspecified atom stereocenters. The minimum atomic E-state index is -0.737. The van der Waals surface area contributed by atoms with Crippen molar-refractivity contribution in [2.75, 3.05) is 30.9 Å². The predicted molar refractivity (Wildman–Crippen MR) is 144 cm³/mol. The molecule has 0 radical (unpaired) electrons. The average molecular weight is 532 g/mol. The van der Waals surface area contributed by atoms with Crippen LogP contribution in [0.5, 0.6) is 11.5 Å². The van der Waals surface area contributed by atoms with Gasteiger partial charge in [0.05, 0.1) is 29.1 Å². The van der Waals surface area contributed by atoms with Crippen LogP contribution in [0.15, 0.2) is 48.9 Å². The molecule has 6 rings (SSSR count). The van der Waals surface area contributed by atoms with Gasteiger partial charge in [-0.25, -0.2) is 28.4 Å². The molecule has 0 bridgehead atoms. The van der Waals surface area contributed by atoms with Gasteiger partial charge in [-0.1, -0.05) is 12.1 Å². The second-order valence-corrected chi connectivity index (χ2v) is 10.1. The van der Waals surface area contributed by atoms with Gasteiger partial charge in [-0.15, -0.1) is 5.10 Å². The van der Waals surface area contributed by atoms with Crippen LogP contribution < -0.4 is 15.0 Å². The van der Waals surface area contributed by atoms with E-state index in [4.69, 9.17) is 4.74 Å². The molecule has 0 amide bonds. The zero-order chi connectivity index (χ0) is 27.3. The van der Waals surface area contributed by atoms with Gasteiger partial charge in [0.2, 0.25) is 0 Å². The fraction of sp³-hybridized carbons (Fsp3) is 0.296. The van der Waals surface area contributed by atoms with E-state index in [0.717, 1.165) is 36.4 Å². The molecule has 1 saturated heterocycles. The number of hydrogen-bond donors (Lipinski definition) is 1. The number of aromatic nitrogens is 6. The van der Waals surface area contributed by atoms with E-state index < -0.39 is 11.6 Å². The third-order valence-electron chi connectivity index (χ3n) is 6.96. The van der Waals surface area contributed by atoms with E-state index in [9.17, 15) is 0 Å². The largest absolute Gasteiger partial charge is 0.454 e. The molecule has 12 heteroatoms. The van der Waals surface area contributed by atoms with Crippen molar-refractivity contribution in [3.8, 4) is 11.5 Å². The maximum Gasteiger partial charge on any atom is 0.168 e. The van der Waals surface area contributed by atoms with E-state index in [0.29, 0.717) is 33.9 Å². The molecular weight excluding hydrogens is 504 g/mol. The number of rotatable bonds is 6. The Morgan fingerprint density at radius 3 is 2.69 bits per heavy atom. The van der Waals surface area contributed by atoms with Crippen molar-refractivity contribution in [1.29, 1.82) is 0 Å². The molecule has 1 aliphatic rings. The van der Waals surface area contributed by atoms with Crippen LogP contribution in [0, 0.1) is 17.6 Å². The number of pyridine rings is 1. The lowest BCUT2D eigenvalue weighted by atomic mass is 10.1. The average Bonchev–Trinajstić information content (AvgIpc) is 3.49. The van der Waals surface area contributed by atoms with Crippen molar-refractivity contribution in [3.63, 3.8) is 0 Å². The van der Waals surface area contributed by atoms with E-state index in [2.05, 4.69) is 47.3 Å². The molecule has 0 saturated carbocycles. The summed E-state index contributed by atoms with van der Waals surface area (Å²) < 4.78 is 37.5. The van der Waals surface area contributed by atoms with Crippen LogP contribution in [0.25, 0.3) is 21.9 Å². The lowest BCUT2D eigenvalue weighted by molar-refractivity contribution is 0.293. The zero-order valence-electron chi connectivity index (χ0n) is 21.9. The Bertz CT molecular complexity index is 1690. The number of aryl methyl sites for hydroxylation is 1. The maximum absolute atomic E-state index is 15.2. The first-order valence-corrected chi connectivity index (χ1v) is 12.5. The van der Waals surface area contributed by atoms with Crippen LogP contribution in [0.2, 0.25) is 0 Å². The first-order valence-electron chi connectivity index (χ1n) is 12.5. The molecule has 200 valence electrons. The van der Waals surface area contributed by atoms with Crippen molar-refractivity contribution >= 4 is 39.3 Å². The van der Waals surface area contributed by atoms with Crippen molar-refractivity contribution in [3.05, 3.63) is 60.6 Å². The second-order valence-electron chi connectivity index (χ2n) is 10.1. The minimum Gasteiger partial charge on any atom is -0.454 e. The van der Waals surface area contributed by atoms with Gasteiger partial charge in [0.15, 0.2) is 17.4 Å². The summed E-state index contributed by atoms with van der Waals surface area (Å²) in [4.78, 5) is 17.7. The van der Waals surface area contributed by atoms with Crippen molar-refractivity contribution < 1.29 is 13.5 Å². The van der Waals surface area contributed by atoms with Crippen molar-refractivity contribution in [2.45, 2.75) is 19.5 Å². The number of ether oxygens (including phenoxy) is 1. The molecule has 2 atom stereocenters. The number of halogens is 2. The number of benzene rings is 2. The van der Waals surface area contributed by atoms with Gasteiger partial charge in [0.1, 0.15) is 29.2 Å². The molecule has 1 N–H and O–H groups in total. The number of hydrogen-bond acceptors (Lipinski definition) is 9. The number of nitrogens with zero attached hydrogens (tertiary/aromatic N) is 8. The smallest absolute Gasteiger partial charge is 0.168 e. The SMILES string of the molecule is CC1CC(N(C)C)N(c2cc3c(Nc4cc(F)c(Oc5ccc6c(c5)nnn6C)cc4F)ncnc3cn2)C1. The first kappa shape index (κ1) is 24.9. The molecule has 5 aromatic rings. The highest BCUT2D eigenvalue weighted by atomic mass is 19.1. The van der Waals surface area contributed by atoms with Crippen LogP contribution in [0.1, 0.15) is 13.3 Å². The Morgan fingerprint density at radius 1 is 1.03 bits per heavy atom. The van der Waals surface area contributed by atoms with Crippen LogP contribution in [-0.4, -0.2) is 61.7 Å². The van der Waals surface area contributed by atoms with E-state index in [1.807, 2.05) is 20.2 Å². The van der Waals surface area contributed by atoms with Crippen LogP contribution >= 0.6 is 0 Å². The number of nitrogens with one attached hydrogen (secondary N) is 1. The summed E-state index contributed by atoms with van der Waals surface area (Å²) in [5.41, 5.74) is 1.88. The first-order chi connectivity index (χ1) is 18.8. The quantitative estimate of drug-likeness (QED) is 0.330. The Morgan fingerprint density at radius 2 is 1.87 bits per heavy atom. The molecule has 1 aliphatic heterocycles. The molecule has 39 heavy (non-hydrogen) atoms. The third-order valence-corrected chi connectivity index (χ3v) is 6.96. The van der Waals surface area contributed by atoms with Gasteiger partial charge in [-0.2, -0.15) is 0 Å². The highest BCUT2D eigenvalue weighted by molar-refractivity contribution is 5.92. The molecule has 0 aliphatic carbocycles.